The van der Waals surface area contributed by atoms with Crippen LogP contribution in [0.2, 0.25) is 0 Å². The van der Waals surface area contributed by atoms with Crippen LogP contribution in [-0.2, 0) is 13.2 Å². The van der Waals surface area contributed by atoms with Gasteiger partial charge in [-0.3, -0.25) is 4.98 Å². The molecule has 0 aliphatic heterocycles. The van der Waals surface area contributed by atoms with Gasteiger partial charge in [0.15, 0.2) is 12.4 Å². The lowest BCUT2D eigenvalue weighted by Gasteiger charge is -2.12. The van der Waals surface area contributed by atoms with Gasteiger partial charge >= 0.3 is 6.18 Å². The van der Waals surface area contributed by atoms with E-state index in [2.05, 4.69) is 15.0 Å². The molecule has 0 saturated carbocycles. The number of nitriles is 1. The van der Waals surface area contributed by atoms with Crippen LogP contribution in [0.4, 0.5) is 13.2 Å². The Morgan fingerprint density at radius 2 is 2.04 bits per heavy atom. The molecule has 0 fully saturated rings. The van der Waals surface area contributed by atoms with Gasteiger partial charge in [0.05, 0.1) is 22.8 Å². The van der Waals surface area contributed by atoms with E-state index in [0.717, 1.165) is 12.3 Å². The van der Waals surface area contributed by atoms with E-state index in [1.54, 1.807) is 17.7 Å². The molecule has 0 radical (unpaired) electrons. The van der Waals surface area contributed by atoms with Crippen molar-refractivity contribution in [2.45, 2.75) is 18.0 Å². The molecule has 0 saturated heterocycles. The molecule has 0 aliphatic rings. The van der Waals surface area contributed by atoms with Crippen molar-refractivity contribution < 1.29 is 17.9 Å². The van der Waals surface area contributed by atoms with Crippen LogP contribution in [0, 0.1) is 11.3 Å². The number of aryl methyl sites for hydroxylation is 1. The number of halogens is 3. The Kier molecular flexibility index (Phi) is 5.23. The standard InChI is InChI=1S/C17H14F3N5OS/c1-3-27-13-6-10(17(18,19)20)8-23-15(13)16-24-11-7-14(26-5-4-21)22-9-12(11)25(16)2/h6-9H,3,5H2,1-2H3. The Hall–Kier alpha value is -2.80. The number of rotatable bonds is 5. The zero-order valence-electron chi connectivity index (χ0n) is 14.4. The second kappa shape index (κ2) is 7.44. The van der Waals surface area contributed by atoms with Crippen molar-refractivity contribution in [3.05, 3.63) is 30.1 Å². The van der Waals surface area contributed by atoms with E-state index in [1.165, 1.54) is 18.0 Å². The van der Waals surface area contributed by atoms with Crippen molar-refractivity contribution in [2.24, 2.45) is 7.05 Å². The lowest BCUT2D eigenvalue weighted by molar-refractivity contribution is -0.138. The van der Waals surface area contributed by atoms with E-state index in [-0.39, 0.29) is 12.5 Å². The summed E-state index contributed by atoms with van der Waals surface area (Å²) in [5.41, 5.74) is 0.788. The second-order valence-electron chi connectivity index (χ2n) is 5.45. The van der Waals surface area contributed by atoms with Crippen LogP contribution in [0.15, 0.2) is 29.4 Å². The van der Waals surface area contributed by atoms with Gasteiger partial charge in [-0.25, -0.2) is 9.97 Å². The fraction of sp³-hybridized carbons (Fsp3) is 0.294. The minimum absolute atomic E-state index is 0.143. The number of pyridine rings is 2. The number of hydrogen-bond acceptors (Lipinski definition) is 6. The zero-order valence-corrected chi connectivity index (χ0v) is 15.2. The Labute approximate surface area is 157 Å². The highest BCUT2D eigenvalue weighted by molar-refractivity contribution is 7.99. The van der Waals surface area contributed by atoms with E-state index in [0.29, 0.717) is 33.2 Å². The Balaban J connectivity index is 2.11. The highest BCUT2D eigenvalue weighted by Crippen LogP contribution is 2.36. The number of alkyl halides is 3. The summed E-state index contributed by atoms with van der Waals surface area (Å²) in [6.07, 6.45) is -2.11. The summed E-state index contributed by atoms with van der Waals surface area (Å²) in [5.74, 6) is 1.26. The van der Waals surface area contributed by atoms with Gasteiger partial charge in [0, 0.05) is 24.2 Å². The molecule has 140 valence electrons. The lowest BCUT2D eigenvalue weighted by atomic mass is 10.2. The molecule has 0 amide bonds. The fourth-order valence-electron chi connectivity index (χ4n) is 2.50. The molecule has 3 aromatic rings. The van der Waals surface area contributed by atoms with E-state index in [9.17, 15) is 13.2 Å². The molecule has 6 nitrogen and oxygen atoms in total. The predicted octanol–water partition coefficient (Wildman–Crippen LogP) is 4.06. The molecular formula is C17H14F3N5OS. The third kappa shape index (κ3) is 3.83. The first-order chi connectivity index (χ1) is 12.8. The highest BCUT2D eigenvalue weighted by Gasteiger charge is 2.32. The molecule has 3 rings (SSSR count). The number of hydrogen-bond donors (Lipinski definition) is 0. The third-order valence-electron chi connectivity index (χ3n) is 3.72. The number of nitrogens with zero attached hydrogens (tertiary/aromatic N) is 5. The number of fused-ring (bicyclic) bond motifs is 1. The van der Waals surface area contributed by atoms with Crippen LogP contribution in [0.5, 0.6) is 5.88 Å². The molecule has 10 heteroatoms. The number of thioether (sulfide) groups is 1. The van der Waals surface area contributed by atoms with Crippen LogP contribution in [0.1, 0.15) is 12.5 Å². The van der Waals surface area contributed by atoms with Gasteiger partial charge in [-0.1, -0.05) is 6.92 Å². The van der Waals surface area contributed by atoms with E-state index >= 15 is 0 Å². The van der Waals surface area contributed by atoms with Crippen LogP contribution in [-0.4, -0.2) is 31.9 Å². The molecular weight excluding hydrogens is 379 g/mol. The van der Waals surface area contributed by atoms with E-state index in [1.807, 2.05) is 13.0 Å². The van der Waals surface area contributed by atoms with Crippen LogP contribution in [0.25, 0.3) is 22.6 Å². The number of aromatic nitrogens is 4. The molecule has 3 heterocycles. The fourth-order valence-corrected chi connectivity index (χ4v) is 3.30. The summed E-state index contributed by atoms with van der Waals surface area (Å²) >= 11 is 1.27. The number of imidazole rings is 1. The van der Waals surface area contributed by atoms with Gasteiger partial charge in [0.1, 0.15) is 11.8 Å². The largest absolute Gasteiger partial charge is 0.462 e. The minimum atomic E-state index is -4.46. The average Bonchev–Trinajstić information content (AvgIpc) is 2.95. The summed E-state index contributed by atoms with van der Waals surface area (Å²) < 4.78 is 45.9. The third-order valence-corrected chi connectivity index (χ3v) is 4.63. The Morgan fingerprint density at radius 1 is 1.26 bits per heavy atom. The van der Waals surface area contributed by atoms with Gasteiger partial charge in [-0.2, -0.15) is 18.4 Å². The summed E-state index contributed by atoms with van der Waals surface area (Å²) in [6, 6.07) is 4.52. The van der Waals surface area contributed by atoms with E-state index in [4.69, 9.17) is 10.00 Å². The summed E-state index contributed by atoms with van der Waals surface area (Å²) in [7, 11) is 1.74. The van der Waals surface area contributed by atoms with Crippen molar-refractivity contribution in [2.75, 3.05) is 12.4 Å². The van der Waals surface area contributed by atoms with Gasteiger partial charge < -0.3 is 9.30 Å². The van der Waals surface area contributed by atoms with Crippen molar-refractivity contribution in [3.8, 4) is 23.5 Å². The zero-order chi connectivity index (χ0) is 19.6. The predicted molar refractivity (Wildman–Crippen MR) is 94.2 cm³/mol. The van der Waals surface area contributed by atoms with E-state index < -0.39 is 11.7 Å². The van der Waals surface area contributed by atoms with Crippen molar-refractivity contribution in [1.82, 2.24) is 19.5 Å². The molecule has 0 bridgehead atoms. The first kappa shape index (κ1) is 19.0. The van der Waals surface area contributed by atoms with Crippen molar-refractivity contribution in [1.29, 1.82) is 5.26 Å². The monoisotopic (exact) mass is 393 g/mol. The lowest BCUT2D eigenvalue weighted by Crippen LogP contribution is -2.07. The molecule has 0 aromatic carbocycles. The summed E-state index contributed by atoms with van der Waals surface area (Å²) in [4.78, 5) is 13.0. The quantitative estimate of drug-likeness (QED) is 0.609. The molecule has 0 aliphatic carbocycles. The molecule has 0 atom stereocenters. The topological polar surface area (TPSA) is 76.6 Å². The molecule has 0 unspecified atom stereocenters. The second-order valence-corrected chi connectivity index (χ2v) is 6.76. The van der Waals surface area contributed by atoms with Crippen LogP contribution < -0.4 is 4.74 Å². The average molecular weight is 393 g/mol. The minimum Gasteiger partial charge on any atom is -0.462 e. The summed E-state index contributed by atoms with van der Waals surface area (Å²) in [6.45, 7) is 1.71. The Bertz CT molecular complexity index is 1030. The SMILES string of the molecule is CCSc1cc(C(F)(F)F)cnc1-c1nc2cc(OCC#N)ncc2n1C. The van der Waals surface area contributed by atoms with Gasteiger partial charge in [0.25, 0.3) is 0 Å². The highest BCUT2D eigenvalue weighted by atomic mass is 32.2. The molecule has 0 spiro atoms. The smallest absolute Gasteiger partial charge is 0.417 e. The van der Waals surface area contributed by atoms with Gasteiger partial charge in [-0.05, 0) is 11.8 Å². The molecule has 3 aromatic heterocycles. The molecule has 0 N–H and O–H groups in total. The normalized spacial score (nSPS) is 11.6. The maximum absolute atomic E-state index is 13.0. The maximum atomic E-state index is 13.0. The van der Waals surface area contributed by atoms with Crippen LogP contribution in [0.3, 0.4) is 0 Å². The summed E-state index contributed by atoms with van der Waals surface area (Å²) in [5, 5.41) is 8.59. The van der Waals surface area contributed by atoms with Gasteiger partial charge in [0.2, 0.25) is 5.88 Å². The van der Waals surface area contributed by atoms with Crippen molar-refractivity contribution >= 4 is 22.8 Å². The van der Waals surface area contributed by atoms with Crippen molar-refractivity contribution in [3.63, 3.8) is 0 Å². The maximum Gasteiger partial charge on any atom is 0.417 e. The first-order valence-electron chi connectivity index (χ1n) is 7.87. The van der Waals surface area contributed by atoms with Gasteiger partial charge in [-0.15, -0.1) is 11.8 Å². The first-order valence-corrected chi connectivity index (χ1v) is 8.86. The molecule has 27 heavy (non-hydrogen) atoms. The Morgan fingerprint density at radius 3 is 2.70 bits per heavy atom. The van der Waals surface area contributed by atoms with Crippen LogP contribution >= 0.6 is 11.8 Å². The number of ether oxygens (including phenoxy) is 1.